The zero-order chi connectivity index (χ0) is 23.4. The van der Waals surface area contributed by atoms with E-state index in [-0.39, 0.29) is 30.6 Å². The second kappa shape index (κ2) is 9.87. The molecule has 1 unspecified atom stereocenters. The molecule has 7 heteroatoms. The van der Waals surface area contributed by atoms with Crippen LogP contribution in [0.5, 0.6) is 11.5 Å². The Morgan fingerprint density at radius 3 is 2.34 bits per heavy atom. The van der Waals surface area contributed by atoms with Crippen molar-refractivity contribution in [1.29, 1.82) is 0 Å². The van der Waals surface area contributed by atoms with Gasteiger partial charge in [-0.15, -0.1) is 0 Å². The lowest BCUT2D eigenvalue weighted by Gasteiger charge is -2.25. The molecule has 0 aliphatic carbocycles. The number of amides is 1. The van der Waals surface area contributed by atoms with Gasteiger partial charge in [-0.1, -0.05) is 12.1 Å². The third-order valence-corrected chi connectivity index (χ3v) is 5.32. The van der Waals surface area contributed by atoms with Crippen LogP contribution in [-0.2, 0) is 14.3 Å². The summed E-state index contributed by atoms with van der Waals surface area (Å²) >= 11 is 0. The molecule has 3 rings (SSSR count). The SMILES string of the molecule is COCCN1C(=O)C(=O)/C(=C(\O)c2ccc(OC(C)C)c(C)c2)C1c1ccc(OC)cc1. The monoisotopic (exact) mass is 439 g/mol. The smallest absolute Gasteiger partial charge is 0.295 e. The van der Waals surface area contributed by atoms with Gasteiger partial charge in [-0.2, -0.15) is 0 Å². The molecule has 170 valence electrons. The highest BCUT2D eigenvalue weighted by Gasteiger charge is 2.45. The van der Waals surface area contributed by atoms with Crippen molar-refractivity contribution in [2.45, 2.75) is 32.9 Å². The van der Waals surface area contributed by atoms with Gasteiger partial charge in [0.25, 0.3) is 11.7 Å². The molecule has 1 aliphatic rings. The molecule has 1 aliphatic heterocycles. The number of methoxy groups -OCH3 is 2. The van der Waals surface area contributed by atoms with Crippen LogP contribution in [0.15, 0.2) is 48.0 Å². The first-order valence-corrected chi connectivity index (χ1v) is 10.5. The van der Waals surface area contributed by atoms with E-state index >= 15 is 0 Å². The first-order valence-electron chi connectivity index (χ1n) is 10.5. The Bertz CT molecular complexity index is 1030. The van der Waals surface area contributed by atoms with Gasteiger partial charge in [0, 0.05) is 19.2 Å². The minimum Gasteiger partial charge on any atom is -0.507 e. The number of benzene rings is 2. The molecular weight excluding hydrogens is 410 g/mol. The van der Waals surface area contributed by atoms with Crippen LogP contribution in [0, 0.1) is 6.92 Å². The third kappa shape index (κ3) is 4.62. The number of nitrogens with zero attached hydrogens (tertiary/aromatic N) is 1. The second-order valence-electron chi connectivity index (χ2n) is 7.91. The lowest BCUT2D eigenvalue weighted by Crippen LogP contribution is -2.32. The molecule has 1 N–H and O–H groups in total. The molecule has 1 fully saturated rings. The van der Waals surface area contributed by atoms with E-state index in [0.717, 1.165) is 5.56 Å². The van der Waals surface area contributed by atoms with Gasteiger partial charge in [0.1, 0.15) is 17.3 Å². The molecule has 0 bridgehead atoms. The van der Waals surface area contributed by atoms with Gasteiger partial charge in [-0.05, 0) is 62.2 Å². The molecule has 2 aromatic rings. The topological polar surface area (TPSA) is 85.3 Å². The maximum Gasteiger partial charge on any atom is 0.295 e. The highest BCUT2D eigenvalue weighted by Crippen LogP contribution is 2.40. The van der Waals surface area contributed by atoms with Crippen molar-refractivity contribution >= 4 is 17.4 Å². The summed E-state index contributed by atoms with van der Waals surface area (Å²) in [6.45, 7) is 6.22. The van der Waals surface area contributed by atoms with Gasteiger partial charge in [-0.25, -0.2) is 0 Å². The molecule has 0 aromatic heterocycles. The van der Waals surface area contributed by atoms with Crippen molar-refractivity contribution in [3.05, 3.63) is 64.7 Å². The molecule has 1 saturated heterocycles. The van der Waals surface area contributed by atoms with E-state index in [4.69, 9.17) is 14.2 Å². The fourth-order valence-corrected chi connectivity index (χ4v) is 3.77. The van der Waals surface area contributed by atoms with Crippen molar-refractivity contribution in [1.82, 2.24) is 4.90 Å². The standard InChI is InChI=1S/C25H29NO6/c1-15(2)32-20-11-8-18(14-16(20)3)23(27)21-22(17-6-9-19(31-5)10-7-17)26(12-13-30-4)25(29)24(21)28/h6-11,14-15,22,27H,12-13H2,1-5H3/b23-21-. The zero-order valence-electron chi connectivity index (χ0n) is 19.0. The first kappa shape index (κ1) is 23.3. The van der Waals surface area contributed by atoms with E-state index in [9.17, 15) is 14.7 Å². The molecular formula is C25H29NO6. The average Bonchev–Trinajstić information content (AvgIpc) is 3.03. The van der Waals surface area contributed by atoms with Crippen molar-refractivity contribution in [3.63, 3.8) is 0 Å². The fraction of sp³-hybridized carbons (Fsp3) is 0.360. The summed E-state index contributed by atoms with van der Waals surface area (Å²) in [4.78, 5) is 27.3. The second-order valence-corrected chi connectivity index (χ2v) is 7.91. The normalized spacial score (nSPS) is 17.8. The molecule has 0 saturated carbocycles. The number of ketones is 1. The maximum atomic E-state index is 13.0. The lowest BCUT2D eigenvalue weighted by molar-refractivity contribution is -0.140. The van der Waals surface area contributed by atoms with E-state index in [1.807, 2.05) is 20.8 Å². The molecule has 0 spiro atoms. The summed E-state index contributed by atoms with van der Waals surface area (Å²) in [7, 11) is 3.09. The number of hydrogen-bond donors (Lipinski definition) is 1. The van der Waals surface area contributed by atoms with Crippen LogP contribution in [-0.4, -0.2) is 55.2 Å². The number of aliphatic hydroxyl groups is 1. The van der Waals surface area contributed by atoms with E-state index in [1.54, 1.807) is 49.6 Å². The van der Waals surface area contributed by atoms with Gasteiger partial charge in [-0.3, -0.25) is 9.59 Å². The maximum absolute atomic E-state index is 13.0. The molecule has 7 nitrogen and oxygen atoms in total. The third-order valence-electron chi connectivity index (χ3n) is 5.32. The van der Waals surface area contributed by atoms with Crippen LogP contribution < -0.4 is 9.47 Å². The van der Waals surface area contributed by atoms with Gasteiger partial charge in [0.15, 0.2) is 0 Å². The van der Waals surface area contributed by atoms with Crippen LogP contribution in [0.3, 0.4) is 0 Å². The highest BCUT2D eigenvalue weighted by molar-refractivity contribution is 6.46. The van der Waals surface area contributed by atoms with Crippen LogP contribution in [0.2, 0.25) is 0 Å². The largest absolute Gasteiger partial charge is 0.507 e. The molecule has 1 atom stereocenters. The van der Waals surface area contributed by atoms with Gasteiger partial charge < -0.3 is 24.2 Å². The number of rotatable bonds is 8. The zero-order valence-corrected chi connectivity index (χ0v) is 19.0. The number of likely N-dealkylation sites (tertiary alicyclic amines) is 1. The number of ether oxygens (including phenoxy) is 3. The quantitative estimate of drug-likeness (QED) is 0.382. The van der Waals surface area contributed by atoms with Gasteiger partial charge >= 0.3 is 0 Å². The fourth-order valence-electron chi connectivity index (χ4n) is 3.77. The van der Waals surface area contributed by atoms with Crippen LogP contribution in [0.25, 0.3) is 5.76 Å². The Labute approximate surface area is 188 Å². The summed E-state index contributed by atoms with van der Waals surface area (Å²) in [5.41, 5.74) is 2.01. The molecule has 0 radical (unpaired) electrons. The highest BCUT2D eigenvalue weighted by atomic mass is 16.5. The van der Waals surface area contributed by atoms with Crippen LogP contribution in [0.1, 0.15) is 36.6 Å². The predicted octanol–water partition coefficient (Wildman–Crippen LogP) is 3.86. The van der Waals surface area contributed by atoms with E-state index in [2.05, 4.69) is 0 Å². The van der Waals surface area contributed by atoms with Gasteiger partial charge in [0.2, 0.25) is 0 Å². The Kier molecular flexibility index (Phi) is 7.20. The summed E-state index contributed by atoms with van der Waals surface area (Å²) in [5, 5.41) is 11.2. The Morgan fingerprint density at radius 2 is 1.78 bits per heavy atom. The molecule has 32 heavy (non-hydrogen) atoms. The Morgan fingerprint density at radius 1 is 1.09 bits per heavy atom. The minimum absolute atomic E-state index is 0.00864. The summed E-state index contributed by atoms with van der Waals surface area (Å²) in [5.74, 6) is -0.258. The van der Waals surface area contributed by atoms with Crippen LogP contribution in [0.4, 0.5) is 0 Å². The minimum atomic E-state index is -0.733. The number of carbonyl (C=O) groups excluding carboxylic acids is 2. The Hall–Kier alpha value is -3.32. The average molecular weight is 440 g/mol. The van der Waals surface area contributed by atoms with Crippen LogP contribution >= 0.6 is 0 Å². The molecule has 2 aromatic carbocycles. The molecule has 1 amide bonds. The molecule has 1 heterocycles. The number of aliphatic hydroxyl groups excluding tert-OH is 1. The van der Waals surface area contributed by atoms with E-state index in [1.165, 1.54) is 12.0 Å². The first-order chi connectivity index (χ1) is 15.3. The predicted molar refractivity (Wildman–Crippen MR) is 121 cm³/mol. The van der Waals surface area contributed by atoms with Crippen molar-refractivity contribution in [2.75, 3.05) is 27.4 Å². The van der Waals surface area contributed by atoms with E-state index in [0.29, 0.717) is 22.6 Å². The number of carbonyl (C=O) groups is 2. The van der Waals surface area contributed by atoms with Gasteiger partial charge in [0.05, 0.1) is 31.4 Å². The summed E-state index contributed by atoms with van der Waals surface area (Å²) < 4.78 is 16.1. The van der Waals surface area contributed by atoms with Crippen molar-refractivity contribution in [3.8, 4) is 11.5 Å². The number of aryl methyl sites for hydroxylation is 1. The Balaban J connectivity index is 2.11. The van der Waals surface area contributed by atoms with Crippen molar-refractivity contribution in [2.24, 2.45) is 0 Å². The lowest BCUT2D eigenvalue weighted by atomic mass is 9.94. The number of hydrogen-bond acceptors (Lipinski definition) is 6. The number of Topliss-reactive ketones (excluding diaryl/α,β-unsaturated/α-hetero) is 1. The summed E-state index contributed by atoms with van der Waals surface area (Å²) in [6.07, 6.45) is 0.00864. The van der Waals surface area contributed by atoms with Crippen molar-refractivity contribution < 1.29 is 28.9 Å². The summed E-state index contributed by atoms with van der Waals surface area (Å²) in [6, 6.07) is 11.5. The van der Waals surface area contributed by atoms with E-state index < -0.39 is 17.7 Å².